The maximum Gasteiger partial charge on any atom is 0.0541 e. The second kappa shape index (κ2) is 14.5. The van der Waals surface area contributed by atoms with Gasteiger partial charge in [-0.05, 0) is 111 Å². The predicted molar refractivity (Wildman–Crippen MR) is 262 cm³/mol. The standard InChI is InChI=1S/C58H38N2S/c1-2-17-47-40(13-1)14-12-22-48(47)41-29-34-45(35-30-41)59(54-23-7-3-18-49(54)43-31-36-58-53(38-43)52-21-6-10-26-57(52)61-58)44-32-27-39(28-33-44)42-15-11-16-46(37-42)60-55-24-8-4-19-50(55)51-20-5-9-25-56(51)60/h1-38H. The zero-order valence-corrected chi connectivity index (χ0v) is 34.1. The molecule has 0 radical (unpaired) electrons. The fourth-order valence-electron chi connectivity index (χ4n) is 9.33. The van der Waals surface area contributed by atoms with Gasteiger partial charge in [-0.2, -0.15) is 0 Å². The quantitative estimate of drug-likeness (QED) is 0.156. The lowest BCUT2D eigenvalue weighted by Gasteiger charge is -2.28. The van der Waals surface area contributed by atoms with Crippen molar-refractivity contribution < 1.29 is 0 Å². The van der Waals surface area contributed by atoms with E-state index in [1.165, 1.54) is 86.1 Å². The molecule has 286 valence electrons. The van der Waals surface area contributed by atoms with Crippen molar-refractivity contribution >= 4 is 81.1 Å². The number of anilines is 3. The molecule has 0 atom stereocenters. The topological polar surface area (TPSA) is 8.17 Å². The maximum atomic E-state index is 2.41. The fourth-order valence-corrected chi connectivity index (χ4v) is 10.4. The van der Waals surface area contributed by atoms with Gasteiger partial charge >= 0.3 is 0 Å². The molecule has 0 saturated heterocycles. The summed E-state index contributed by atoms with van der Waals surface area (Å²) in [5.41, 5.74) is 14.0. The summed E-state index contributed by atoms with van der Waals surface area (Å²) in [4.78, 5) is 2.41. The first-order chi connectivity index (χ1) is 30.2. The van der Waals surface area contributed by atoms with Crippen LogP contribution >= 0.6 is 11.3 Å². The Balaban J connectivity index is 0.977. The SMILES string of the molecule is c1cc(-c2ccc(N(c3ccc(-c4cccc5ccccc45)cc3)c3ccccc3-c3ccc4sc5ccccc5c4c3)cc2)cc(-n2c3ccccc3c3ccccc32)c1. The highest BCUT2D eigenvalue weighted by molar-refractivity contribution is 7.25. The normalized spacial score (nSPS) is 11.6. The van der Waals surface area contributed by atoms with E-state index in [1.807, 2.05) is 11.3 Å². The zero-order valence-electron chi connectivity index (χ0n) is 33.2. The Morgan fingerprint density at radius 2 is 0.885 bits per heavy atom. The summed E-state index contributed by atoms with van der Waals surface area (Å²) in [6.07, 6.45) is 0. The van der Waals surface area contributed by atoms with Crippen LogP contribution in [0.4, 0.5) is 17.1 Å². The molecule has 0 N–H and O–H groups in total. The lowest BCUT2D eigenvalue weighted by Crippen LogP contribution is -2.11. The Morgan fingerprint density at radius 3 is 1.66 bits per heavy atom. The first-order valence-electron chi connectivity index (χ1n) is 20.8. The molecule has 0 fully saturated rings. The van der Waals surface area contributed by atoms with Crippen LogP contribution in [0.25, 0.3) is 91.8 Å². The monoisotopic (exact) mass is 794 g/mol. The third kappa shape index (κ3) is 6.01. The molecule has 0 unspecified atom stereocenters. The minimum absolute atomic E-state index is 1.09. The number of hydrogen-bond donors (Lipinski definition) is 0. The minimum Gasteiger partial charge on any atom is -0.310 e. The van der Waals surface area contributed by atoms with Crippen LogP contribution in [0.15, 0.2) is 231 Å². The Morgan fingerprint density at radius 1 is 0.328 bits per heavy atom. The number of nitrogens with zero attached hydrogens (tertiary/aromatic N) is 2. The number of fused-ring (bicyclic) bond motifs is 7. The average Bonchev–Trinajstić information content (AvgIpc) is 3.88. The minimum atomic E-state index is 1.09. The first kappa shape index (κ1) is 35.2. The zero-order chi connectivity index (χ0) is 40.3. The van der Waals surface area contributed by atoms with Crippen molar-refractivity contribution in [2.45, 2.75) is 0 Å². The van der Waals surface area contributed by atoms with Crippen LogP contribution in [0.2, 0.25) is 0 Å². The molecule has 0 aliphatic rings. The summed E-state index contributed by atoms with van der Waals surface area (Å²) in [7, 11) is 0. The number of thiophene rings is 1. The van der Waals surface area contributed by atoms with Gasteiger partial charge in [0.25, 0.3) is 0 Å². The van der Waals surface area contributed by atoms with Gasteiger partial charge < -0.3 is 9.47 Å². The number of para-hydroxylation sites is 3. The van der Waals surface area contributed by atoms with E-state index in [0.29, 0.717) is 0 Å². The molecule has 10 aromatic carbocycles. The molecule has 12 rings (SSSR count). The molecule has 0 bridgehead atoms. The van der Waals surface area contributed by atoms with Crippen LogP contribution in [0.3, 0.4) is 0 Å². The van der Waals surface area contributed by atoms with Gasteiger partial charge in [0.1, 0.15) is 0 Å². The van der Waals surface area contributed by atoms with E-state index < -0.39 is 0 Å². The average molecular weight is 795 g/mol. The lowest BCUT2D eigenvalue weighted by molar-refractivity contribution is 1.18. The first-order valence-corrected chi connectivity index (χ1v) is 21.6. The van der Waals surface area contributed by atoms with E-state index in [2.05, 4.69) is 240 Å². The summed E-state index contributed by atoms with van der Waals surface area (Å²) < 4.78 is 5.01. The summed E-state index contributed by atoms with van der Waals surface area (Å²) >= 11 is 1.86. The van der Waals surface area contributed by atoms with Gasteiger partial charge in [-0.3, -0.25) is 0 Å². The summed E-state index contributed by atoms with van der Waals surface area (Å²) in [6.45, 7) is 0. The van der Waals surface area contributed by atoms with E-state index in [9.17, 15) is 0 Å². The fraction of sp³-hybridized carbons (Fsp3) is 0. The van der Waals surface area contributed by atoms with Crippen molar-refractivity contribution in [1.82, 2.24) is 4.57 Å². The highest BCUT2D eigenvalue weighted by atomic mass is 32.1. The highest BCUT2D eigenvalue weighted by Gasteiger charge is 2.19. The lowest BCUT2D eigenvalue weighted by atomic mass is 9.97. The van der Waals surface area contributed by atoms with E-state index >= 15 is 0 Å². The van der Waals surface area contributed by atoms with Crippen molar-refractivity contribution in [2.24, 2.45) is 0 Å². The highest BCUT2D eigenvalue weighted by Crippen LogP contribution is 2.44. The van der Waals surface area contributed by atoms with Crippen LogP contribution in [-0.4, -0.2) is 4.57 Å². The van der Waals surface area contributed by atoms with Crippen LogP contribution in [0.5, 0.6) is 0 Å². The van der Waals surface area contributed by atoms with Crippen LogP contribution in [0.1, 0.15) is 0 Å². The molecule has 61 heavy (non-hydrogen) atoms. The van der Waals surface area contributed by atoms with Crippen LogP contribution < -0.4 is 4.90 Å². The van der Waals surface area contributed by atoms with Crippen molar-refractivity contribution in [3.05, 3.63) is 231 Å². The predicted octanol–water partition coefficient (Wildman–Crippen LogP) is 16.8. The van der Waals surface area contributed by atoms with E-state index in [4.69, 9.17) is 0 Å². The van der Waals surface area contributed by atoms with E-state index in [-0.39, 0.29) is 0 Å². The second-order valence-corrected chi connectivity index (χ2v) is 16.8. The smallest absolute Gasteiger partial charge is 0.0541 e. The van der Waals surface area contributed by atoms with Gasteiger partial charge in [-0.1, -0.05) is 158 Å². The largest absolute Gasteiger partial charge is 0.310 e. The van der Waals surface area contributed by atoms with Gasteiger partial charge in [-0.25, -0.2) is 0 Å². The van der Waals surface area contributed by atoms with Crippen molar-refractivity contribution in [3.63, 3.8) is 0 Å². The molecule has 2 heterocycles. The number of benzene rings is 10. The molecule has 0 saturated carbocycles. The number of hydrogen-bond acceptors (Lipinski definition) is 2. The Bertz CT molecular complexity index is 3530. The summed E-state index contributed by atoms with van der Waals surface area (Å²) in [5.74, 6) is 0. The molecule has 0 spiro atoms. The van der Waals surface area contributed by atoms with Crippen LogP contribution in [0, 0.1) is 0 Å². The van der Waals surface area contributed by atoms with Gasteiger partial charge in [0, 0.05) is 53.6 Å². The van der Waals surface area contributed by atoms with Gasteiger partial charge in [0.15, 0.2) is 0 Å². The van der Waals surface area contributed by atoms with Gasteiger partial charge in [0.2, 0.25) is 0 Å². The summed E-state index contributed by atoms with van der Waals surface area (Å²) in [6, 6.07) is 84.2. The van der Waals surface area contributed by atoms with Crippen LogP contribution in [-0.2, 0) is 0 Å². The maximum absolute atomic E-state index is 2.41. The molecule has 2 aromatic heterocycles. The molecule has 0 aliphatic carbocycles. The van der Waals surface area contributed by atoms with Crippen molar-refractivity contribution in [3.8, 4) is 39.1 Å². The van der Waals surface area contributed by atoms with Crippen molar-refractivity contribution in [2.75, 3.05) is 4.90 Å². The molecular formula is C58H38N2S. The number of rotatable bonds is 7. The van der Waals surface area contributed by atoms with Gasteiger partial charge in [-0.15, -0.1) is 11.3 Å². The molecule has 3 heteroatoms. The van der Waals surface area contributed by atoms with Gasteiger partial charge in [0.05, 0.1) is 16.7 Å². The molecule has 12 aromatic rings. The second-order valence-electron chi connectivity index (χ2n) is 15.7. The Hall–Kier alpha value is -7.72. The third-order valence-electron chi connectivity index (χ3n) is 12.2. The third-order valence-corrected chi connectivity index (χ3v) is 13.4. The molecule has 0 aliphatic heterocycles. The van der Waals surface area contributed by atoms with E-state index in [0.717, 1.165) is 22.7 Å². The summed E-state index contributed by atoms with van der Waals surface area (Å²) in [5, 5.41) is 7.64. The molecule has 0 amide bonds. The molecular weight excluding hydrogens is 757 g/mol. The molecule has 2 nitrogen and oxygen atoms in total. The van der Waals surface area contributed by atoms with E-state index in [1.54, 1.807) is 0 Å². The number of aromatic nitrogens is 1. The Kier molecular flexibility index (Phi) is 8.39. The Labute approximate surface area is 358 Å². The van der Waals surface area contributed by atoms with Crippen molar-refractivity contribution in [1.29, 1.82) is 0 Å².